The Morgan fingerprint density at radius 2 is 2.07 bits per heavy atom. The molecule has 1 aromatic rings. The van der Waals surface area contributed by atoms with Crippen molar-refractivity contribution in [2.24, 2.45) is 5.90 Å². The van der Waals surface area contributed by atoms with Gasteiger partial charge >= 0.3 is 0 Å². The third-order valence-electron chi connectivity index (χ3n) is 2.47. The maximum atomic E-state index is 5.38. The molecule has 0 saturated heterocycles. The van der Waals surface area contributed by atoms with Gasteiger partial charge in [0.2, 0.25) is 6.79 Å². The number of rotatable bonds is 2. The van der Waals surface area contributed by atoms with Gasteiger partial charge in [-0.15, -0.1) is 0 Å². The Hall–Kier alpha value is -1.26. The van der Waals surface area contributed by atoms with Crippen LogP contribution in [-0.2, 0) is 11.4 Å². The van der Waals surface area contributed by atoms with Gasteiger partial charge in [-0.2, -0.15) is 0 Å². The van der Waals surface area contributed by atoms with Crippen molar-refractivity contribution in [1.82, 2.24) is 0 Å². The normalized spacial score (nSPS) is 13.4. The Morgan fingerprint density at radius 1 is 1.36 bits per heavy atom. The van der Waals surface area contributed by atoms with Crippen molar-refractivity contribution in [3.63, 3.8) is 0 Å². The second-order valence-electron chi connectivity index (χ2n) is 3.35. The second-order valence-corrected chi connectivity index (χ2v) is 3.35. The Kier molecular flexibility index (Phi) is 2.31. The second kappa shape index (κ2) is 3.48. The number of nitrogens with two attached hydrogens (primary N) is 1. The number of ether oxygens (including phenoxy) is 2. The largest absolute Gasteiger partial charge is 0.453 e. The Morgan fingerprint density at radius 3 is 2.79 bits per heavy atom. The van der Waals surface area contributed by atoms with Crippen molar-refractivity contribution in [3.05, 3.63) is 22.8 Å². The summed E-state index contributed by atoms with van der Waals surface area (Å²) < 4.78 is 10.7. The Bertz CT molecular complexity index is 363. The molecule has 0 fully saturated rings. The molecule has 1 aliphatic heterocycles. The summed E-state index contributed by atoms with van der Waals surface area (Å²) in [5, 5.41) is 0. The summed E-state index contributed by atoms with van der Waals surface area (Å²) in [6.45, 7) is 4.65. The third-order valence-corrected chi connectivity index (χ3v) is 2.47. The predicted octanol–water partition coefficient (Wildman–Crippen LogP) is 1.42. The van der Waals surface area contributed by atoms with E-state index in [1.54, 1.807) is 0 Å². The van der Waals surface area contributed by atoms with Crippen molar-refractivity contribution in [3.8, 4) is 11.5 Å². The molecule has 1 heterocycles. The molecule has 0 amide bonds. The lowest BCUT2D eigenvalue weighted by Crippen LogP contribution is -2.01. The van der Waals surface area contributed by atoms with E-state index in [-0.39, 0.29) is 6.79 Å². The van der Waals surface area contributed by atoms with E-state index in [4.69, 9.17) is 15.4 Å². The highest BCUT2D eigenvalue weighted by atomic mass is 16.7. The molecule has 14 heavy (non-hydrogen) atoms. The average Bonchev–Trinajstić information content (AvgIpc) is 2.63. The van der Waals surface area contributed by atoms with Crippen LogP contribution in [-0.4, -0.2) is 6.79 Å². The number of hydrogen-bond acceptors (Lipinski definition) is 4. The van der Waals surface area contributed by atoms with Gasteiger partial charge in [0.1, 0.15) is 0 Å². The fourth-order valence-electron chi connectivity index (χ4n) is 1.61. The fraction of sp³-hybridized carbons (Fsp3) is 0.400. The minimum absolute atomic E-state index is 0.275. The van der Waals surface area contributed by atoms with Crippen molar-refractivity contribution in [2.75, 3.05) is 6.79 Å². The lowest BCUT2D eigenvalue weighted by molar-refractivity contribution is 0.120. The van der Waals surface area contributed by atoms with Crippen LogP contribution in [0.2, 0.25) is 0 Å². The summed E-state index contributed by atoms with van der Waals surface area (Å²) in [5.74, 6) is 6.63. The van der Waals surface area contributed by atoms with E-state index in [1.807, 2.05) is 19.9 Å². The zero-order valence-corrected chi connectivity index (χ0v) is 8.29. The van der Waals surface area contributed by atoms with E-state index in [0.717, 1.165) is 28.2 Å². The highest BCUT2D eigenvalue weighted by molar-refractivity contribution is 5.55. The molecule has 0 aliphatic carbocycles. The molecule has 0 aromatic heterocycles. The topological polar surface area (TPSA) is 53.7 Å². The molecule has 2 rings (SSSR count). The molecule has 2 N–H and O–H groups in total. The molecule has 4 nitrogen and oxygen atoms in total. The minimum atomic E-state index is 0.275. The lowest BCUT2D eigenvalue weighted by atomic mass is 10.0. The maximum Gasteiger partial charge on any atom is 0.231 e. The van der Waals surface area contributed by atoms with Crippen LogP contribution in [0.1, 0.15) is 16.7 Å². The molecule has 0 spiro atoms. The number of hydrogen-bond donors (Lipinski definition) is 1. The average molecular weight is 195 g/mol. The van der Waals surface area contributed by atoms with E-state index in [9.17, 15) is 0 Å². The van der Waals surface area contributed by atoms with Gasteiger partial charge in [0, 0.05) is 5.56 Å². The molecule has 4 heteroatoms. The standard InChI is InChI=1S/C10H13NO3/c1-6-3-8(4-14-11)10-9(7(6)2)12-5-13-10/h3H,4-5,11H2,1-2H3. The quantitative estimate of drug-likeness (QED) is 0.725. The molecular weight excluding hydrogens is 182 g/mol. The summed E-state index contributed by atoms with van der Waals surface area (Å²) in [4.78, 5) is 4.61. The molecule has 0 bridgehead atoms. The molecule has 76 valence electrons. The molecule has 0 saturated carbocycles. The van der Waals surface area contributed by atoms with Crippen molar-refractivity contribution in [1.29, 1.82) is 0 Å². The van der Waals surface area contributed by atoms with Crippen molar-refractivity contribution < 1.29 is 14.3 Å². The smallest absolute Gasteiger partial charge is 0.231 e. The van der Waals surface area contributed by atoms with Crippen LogP contribution in [0.3, 0.4) is 0 Å². The van der Waals surface area contributed by atoms with Gasteiger partial charge in [-0.05, 0) is 31.0 Å². The van der Waals surface area contributed by atoms with Crippen LogP contribution in [0.15, 0.2) is 6.07 Å². The number of fused-ring (bicyclic) bond motifs is 1. The predicted molar refractivity (Wildman–Crippen MR) is 51.0 cm³/mol. The summed E-state index contributed by atoms with van der Waals surface area (Å²) in [6, 6.07) is 2.01. The maximum absolute atomic E-state index is 5.38. The van der Waals surface area contributed by atoms with Gasteiger partial charge in [-0.3, -0.25) is 4.84 Å². The minimum Gasteiger partial charge on any atom is -0.453 e. The van der Waals surface area contributed by atoms with Crippen LogP contribution in [0.5, 0.6) is 11.5 Å². The first-order chi connectivity index (χ1) is 6.74. The fourth-order valence-corrected chi connectivity index (χ4v) is 1.61. The van der Waals surface area contributed by atoms with Gasteiger partial charge in [-0.25, -0.2) is 5.90 Å². The van der Waals surface area contributed by atoms with E-state index in [0.29, 0.717) is 6.61 Å². The number of benzene rings is 1. The highest BCUT2D eigenvalue weighted by Crippen LogP contribution is 2.40. The van der Waals surface area contributed by atoms with Crippen LogP contribution < -0.4 is 15.4 Å². The molecular formula is C10H13NO3. The van der Waals surface area contributed by atoms with Crippen LogP contribution in [0.25, 0.3) is 0 Å². The summed E-state index contributed by atoms with van der Waals surface area (Å²) in [5.41, 5.74) is 3.20. The van der Waals surface area contributed by atoms with Gasteiger partial charge in [0.15, 0.2) is 11.5 Å². The van der Waals surface area contributed by atoms with Crippen LogP contribution in [0, 0.1) is 13.8 Å². The number of aryl methyl sites for hydroxylation is 1. The third kappa shape index (κ3) is 1.32. The Balaban J connectivity index is 2.52. The van der Waals surface area contributed by atoms with E-state index >= 15 is 0 Å². The lowest BCUT2D eigenvalue weighted by Gasteiger charge is -2.09. The monoisotopic (exact) mass is 195 g/mol. The first kappa shape index (κ1) is 9.30. The van der Waals surface area contributed by atoms with Gasteiger partial charge in [-0.1, -0.05) is 0 Å². The zero-order valence-electron chi connectivity index (χ0n) is 8.29. The Labute approximate surface area is 82.5 Å². The zero-order chi connectivity index (χ0) is 10.1. The van der Waals surface area contributed by atoms with E-state index in [1.165, 1.54) is 0 Å². The summed E-state index contributed by atoms with van der Waals surface area (Å²) >= 11 is 0. The SMILES string of the molecule is Cc1cc(CON)c2c(c1C)OCO2. The molecule has 1 aromatic carbocycles. The van der Waals surface area contributed by atoms with Crippen molar-refractivity contribution in [2.45, 2.75) is 20.5 Å². The van der Waals surface area contributed by atoms with Crippen LogP contribution in [0.4, 0.5) is 0 Å². The molecule has 0 unspecified atom stereocenters. The first-order valence-electron chi connectivity index (χ1n) is 4.44. The van der Waals surface area contributed by atoms with E-state index in [2.05, 4.69) is 4.84 Å². The van der Waals surface area contributed by atoms with Gasteiger partial charge in [0.05, 0.1) is 6.61 Å². The van der Waals surface area contributed by atoms with Crippen LogP contribution >= 0.6 is 0 Å². The molecule has 0 atom stereocenters. The van der Waals surface area contributed by atoms with E-state index < -0.39 is 0 Å². The highest BCUT2D eigenvalue weighted by Gasteiger charge is 2.21. The van der Waals surface area contributed by atoms with Crippen molar-refractivity contribution >= 4 is 0 Å². The first-order valence-corrected chi connectivity index (χ1v) is 4.44. The molecule has 0 radical (unpaired) electrons. The van der Waals surface area contributed by atoms with Gasteiger partial charge < -0.3 is 9.47 Å². The molecule has 1 aliphatic rings. The van der Waals surface area contributed by atoms with Gasteiger partial charge in [0.25, 0.3) is 0 Å². The summed E-state index contributed by atoms with van der Waals surface area (Å²) in [6.07, 6.45) is 0. The summed E-state index contributed by atoms with van der Waals surface area (Å²) in [7, 11) is 0.